The Morgan fingerprint density at radius 2 is 1.86 bits per heavy atom. The first-order valence-corrected chi connectivity index (χ1v) is 9.51. The highest BCUT2D eigenvalue weighted by Gasteiger charge is 2.19. The fourth-order valence-corrected chi connectivity index (χ4v) is 3.35. The lowest BCUT2D eigenvalue weighted by Crippen LogP contribution is -2.40. The van der Waals surface area contributed by atoms with Crippen LogP contribution in [0.2, 0.25) is 0 Å². The van der Waals surface area contributed by atoms with Crippen molar-refractivity contribution in [2.75, 3.05) is 20.2 Å². The fourth-order valence-electron chi connectivity index (χ4n) is 3.35. The molecule has 0 amide bonds. The van der Waals surface area contributed by atoms with E-state index in [2.05, 4.69) is 34.5 Å². The second-order valence-corrected chi connectivity index (χ2v) is 6.93. The number of rotatable bonds is 7. The van der Waals surface area contributed by atoms with Gasteiger partial charge in [0.25, 0.3) is 0 Å². The van der Waals surface area contributed by atoms with Crippen LogP contribution in [-0.4, -0.2) is 36.9 Å². The number of hydrogen-bond donors (Lipinski definition) is 1. The third-order valence-electron chi connectivity index (χ3n) is 5.02. The molecule has 28 heavy (non-hydrogen) atoms. The summed E-state index contributed by atoms with van der Waals surface area (Å²) in [5.41, 5.74) is 1.93. The second kappa shape index (κ2) is 9.72. The number of carbonyl (C=O) groups is 1. The molecular weight excluding hydrogens is 350 g/mol. The number of nitrogens with one attached hydrogen (secondary N) is 1. The van der Waals surface area contributed by atoms with E-state index in [0.29, 0.717) is 11.3 Å². The van der Waals surface area contributed by atoms with Crippen LogP contribution in [0.5, 0.6) is 5.75 Å². The molecule has 5 nitrogen and oxygen atoms in total. The number of allylic oxidation sites excluding steroid dienone is 1. The molecule has 0 aliphatic carbocycles. The Morgan fingerprint density at radius 3 is 2.46 bits per heavy atom. The number of nitrogens with zero attached hydrogens (tertiary/aromatic N) is 2. The molecule has 144 valence electrons. The van der Waals surface area contributed by atoms with Crippen LogP contribution >= 0.6 is 0 Å². The number of Topliss-reactive ketones (excluding diaryl/α,β-unsaturated/α-hetero) is 1. The maximum Gasteiger partial charge on any atom is 0.205 e. The summed E-state index contributed by atoms with van der Waals surface area (Å²) in [6.45, 7) is 2.95. The van der Waals surface area contributed by atoms with Crippen LogP contribution in [0, 0.1) is 11.3 Å². The van der Waals surface area contributed by atoms with Gasteiger partial charge < -0.3 is 10.1 Å². The lowest BCUT2D eigenvalue weighted by molar-refractivity contribution is 0.103. The predicted octanol–water partition coefficient (Wildman–Crippen LogP) is 3.54. The SMILES string of the molecule is COc1ccc(C(=O)C(C#N)=CNC2CCN(Cc3ccccc3)CC2)cc1. The zero-order valence-electron chi connectivity index (χ0n) is 16.1. The van der Waals surface area contributed by atoms with Gasteiger partial charge in [-0.2, -0.15) is 5.26 Å². The van der Waals surface area contributed by atoms with E-state index < -0.39 is 0 Å². The number of hydrogen-bond acceptors (Lipinski definition) is 5. The van der Waals surface area contributed by atoms with Gasteiger partial charge in [-0.1, -0.05) is 30.3 Å². The number of benzene rings is 2. The highest BCUT2D eigenvalue weighted by molar-refractivity contribution is 6.11. The molecule has 0 bridgehead atoms. The van der Waals surface area contributed by atoms with Gasteiger partial charge in [-0.05, 0) is 42.7 Å². The number of ketones is 1. The van der Waals surface area contributed by atoms with E-state index in [-0.39, 0.29) is 17.4 Å². The summed E-state index contributed by atoms with van der Waals surface area (Å²) < 4.78 is 5.10. The van der Waals surface area contributed by atoms with Gasteiger partial charge in [0.05, 0.1) is 7.11 Å². The average Bonchev–Trinajstić information content (AvgIpc) is 2.76. The van der Waals surface area contributed by atoms with Gasteiger partial charge in [-0.15, -0.1) is 0 Å². The zero-order valence-corrected chi connectivity index (χ0v) is 16.1. The van der Waals surface area contributed by atoms with Crippen molar-refractivity contribution in [1.29, 1.82) is 5.26 Å². The van der Waals surface area contributed by atoms with Crippen molar-refractivity contribution in [3.05, 3.63) is 77.5 Å². The molecule has 1 aliphatic rings. The number of piperidine rings is 1. The quantitative estimate of drug-likeness (QED) is 0.456. The van der Waals surface area contributed by atoms with Crippen molar-refractivity contribution in [2.24, 2.45) is 0 Å². The minimum absolute atomic E-state index is 0.122. The Labute approximate surface area is 166 Å². The first-order valence-electron chi connectivity index (χ1n) is 9.51. The van der Waals surface area contributed by atoms with E-state index in [4.69, 9.17) is 4.74 Å². The molecule has 2 aromatic carbocycles. The predicted molar refractivity (Wildman–Crippen MR) is 109 cm³/mol. The molecule has 1 fully saturated rings. The molecule has 1 heterocycles. The average molecular weight is 375 g/mol. The Hall–Kier alpha value is -3.10. The fraction of sp³-hybridized carbons (Fsp3) is 0.304. The summed E-state index contributed by atoms with van der Waals surface area (Å²) in [5.74, 6) is 0.401. The number of carbonyl (C=O) groups excluding carboxylic acids is 1. The summed E-state index contributed by atoms with van der Waals surface area (Å²) in [6, 6.07) is 19.6. The number of ether oxygens (including phenoxy) is 1. The van der Waals surface area contributed by atoms with Crippen LogP contribution in [0.1, 0.15) is 28.8 Å². The van der Waals surface area contributed by atoms with E-state index in [1.54, 1.807) is 37.6 Å². The van der Waals surface area contributed by atoms with E-state index in [1.165, 1.54) is 5.56 Å². The molecule has 0 radical (unpaired) electrons. The molecule has 1 saturated heterocycles. The molecule has 0 spiro atoms. The van der Waals surface area contributed by atoms with Gasteiger partial charge in [-0.25, -0.2) is 0 Å². The van der Waals surface area contributed by atoms with Gasteiger partial charge in [0.2, 0.25) is 5.78 Å². The van der Waals surface area contributed by atoms with Gasteiger partial charge in [0, 0.05) is 37.4 Å². The van der Waals surface area contributed by atoms with Crippen LogP contribution in [0.15, 0.2) is 66.4 Å². The van der Waals surface area contributed by atoms with E-state index in [0.717, 1.165) is 32.5 Å². The van der Waals surface area contributed by atoms with Crippen LogP contribution in [0.3, 0.4) is 0 Å². The van der Waals surface area contributed by atoms with Crippen LogP contribution < -0.4 is 10.1 Å². The number of methoxy groups -OCH3 is 1. The van der Waals surface area contributed by atoms with Crippen molar-refractivity contribution in [2.45, 2.75) is 25.4 Å². The normalized spacial score (nSPS) is 15.6. The highest BCUT2D eigenvalue weighted by Crippen LogP contribution is 2.16. The van der Waals surface area contributed by atoms with Crippen molar-refractivity contribution in [3.8, 4) is 11.8 Å². The summed E-state index contributed by atoms with van der Waals surface area (Å²) in [7, 11) is 1.58. The Balaban J connectivity index is 1.52. The highest BCUT2D eigenvalue weighted by atomic mass is 16.5. The largest absolute Gasteiger partial charge is 0.497 e. The lowest BCUT2D eigenvalue weighted by atomic mass is 10.0. The third kappa shape index (κ3) is 5.21. The van der Waals surface area contributed by atoms with E-state index >= 15 is 0 Å². The summed E-state index contributed by atoms with van der Waals surface area (Å²) in [6.07, 6.45) is 3.54. The summed E-state index contributed by atoms with van der Waals surface area (Å²) in [4.78, 5) is 15.0. The molecule has 1 N–H and O–H groups in total. The Kier molecular flexibility index (Phi) is 6.83. The van der Waals surface area contributed by atoms with Crippen molar-refractivity contribution in [1.82, 2.24) is 10.2 Å². The first-order chi connectivity index (χ1) is 13.7. The molecule has 3 rings (SSSR count). The number of likely N-dealkylation sites (tertiary alicyclic amines) is 1. The summed E-state index contributed by atoms with van der Waals surface area (Å²) >= 11 is 0. The van der Waals surface area contributed by atoms with Crippen LogP contribution in [-0.2, 0) is 6.54 Å². The van der Waals surface area contributed by atoms with Crippen molar-refractivity contribution < 1.29 is 9.53 Å². The molecule has 1 aliphatic heterocycles. The standard InChI is InChI=1S/C23H25N3O2/c1-28-22-9-7-19(8-10-22)23(27)20(15-24)16-25-21-11-13-26(14-12-21)17-18-5-3-2-4-6-18/h2-10,16,21,25H,11-14,17H2,1H3. The Morgan fingerprint density at radius 1 is 1.18 bits per heavy atom. The molecule has 0 unspecified atom stereocenters. The van der Waals surface area contributed by atoms with Gasteiger partial charge in [-0.3, -0.25) is 9.69 Å². The summed E-state index contributed by atoms with van der Waals surface area (Å²) in [5, 5.41) is 12.7. The molecule has 0 aromatic heterocycles. The Bertz CT molecular complexity index is 846. The molecule has 0 saturated carbocycles. The number of nitriles is 1. The minimum atomic E-state index is -0.279. The van der Waals surface area contributed by atoms with E-state index in [1.807, 2.05) is 12.1 Å². The van der Waals surface area contributed by atoms with Gasteiger partial charge in [0.1, 0.15) is 17.4 Å². The minimum Gasteiger partial charge on any atom is -0.497 e. The van der Waals surface area contributed by atoms with E-state index in [9.17, 15) is 10.1 Å². The molecule has 2 aromatic rings. The molecular formula is C23H25N3O2. The maximum atomic E-state index is 12.5. The lowest BCUT2D eigenvalue weighted by Gasteiger charge is -2.32. The van der Waals surface area contributed by atoms with Gasteiger partial charge in [0.15, 0.2) is 0 Å². The van der Waals surface area contributed by atoms with Crippen molar-refractivity contribution >= 4 is 5.78 Å². The topological polar surface area (TPSA) is 65.4 Å². The van der Waals surface area contributed by atoms with Crippen molar-refractivity contribution in [3.63, 3.8) is 0 Å². The van der Waals surface area contributed by atoms with Crippen LogP contribution in [0.25, 0.3) is 0 Å². The maximum absolute atomic E-state index is 12.5. The smallest absolute Gasteiger partial charge is 0.205 e. The van der Waals surface area contributed by atoms with Gasteiger partial charge >= 0.3 is 0 Å². The monoisotopic (exact) mass is 375 g/mol. The molecule has 5 heteroatoms. The first kappa shape index (κ1) is 19.7. The third-order valence-corrected chi connectivity index (χ3v) is 5.02. The van der Waals surface area contributed by atoms with Crippen LogP contribution in [0.4, 0.5) is 0 Å². The molecule has 0 atom stereocenters. The second-order valence-electron chi connectivity index (χ2n) is 6.93. The zero-order chi connectivity index (χ0) is 19.8.